The van der Waals surface area contributed by atoms with E-state index in [1.807, 2.05) is 0 Å². The first-order valence-corrected chi connectivity index (χ1v) is 11.5. The number of nitrogens with zero attached hydrogens (tertiary/aromatic N) is 3. The number of carbonyl (C=O) groups is 1. The Labute approximate surface area is 208 Å². The Balaban J connectivity index is 1.66. The number of nitrogens with one attached hydrogen (secondary N) is 1. The SMILES string of the molecule is Cc1cc(-c2cnc3c(NCCC(F)(F)F)cc(C4(c5cc(F)ccc5F)CC4)nn23)ccc1C(N)=O. The van der Waals surface area contributed by atoms with Crippen molar-refractivity contribution in [1.29, 1.82) is 0 Å². The molecule has 11 heteroatoms. The van der Waals surface area contributed by atoms with Crippen LogP contribution in [0.15, 0.2) is 48.7 Å². The van der Waals surface area contributed by atoms with Gasteiger partial charge in [0.05, 0.1) is 29.7 Å². The highest BCUT2D eigenvalue weighted by atomic mass is 19.4. The lowest BCUT2D eigenvalue weighted by Gasteiger charge is -2.19. The van der Waals surface area contributed by atoms with Gasteiger partial charge in [0.15, 0.2) is 5.65 Å². The number of hydrogen-bond acceptors (Lipinski definition) is 4. The van der Waals surface area contributed by atoms with Gasteiger partial charge in [-0.25, -0.2) is 18.3 Å². The molecular weight excluding hydrogens is 493 g/mol. The summed E-state index contributed by atoms with van der Waals surface area (Å²) in [6.45, 7) is 1.32. The van der Waals surface area contributed by atoms with Crippen molar-refractivity contribution in [1.82, 2.24) is 14.6 Å². The number of primary amides is 1. The molecule has 0 unspecified atom stereocenters. The molecule has 2 heterocycles. The molecule has 3 N–H and O–H groups in total. The minimum Gasteiger partial charge on any atom is -0.382 e. The van der Waals surface area contributed by atoms with E-state index in [9.17, 15) is 26.7 Å². The second-order valence-corrected chi connectivity index (χ2v) is 9.21. The van der Waals surface area contributed by atoms with Crippen molar-refractivity contribution in [3.05, 3.63) is 82.7 Å². The predicted octanol–water partition coefficient (Wildman–Crippen LogP) is 5.53. The molecule has 2 aromatic heterocycles. The van der Waals surface area contributed by atoms with E-state index in [-0.39, 0.29) is 16.9 Å². The van der Waals surface area contributed by atoms with Crippen LogP contribution in [0.5, 0.6) is 0 Å². The maximum atomic E-state index is 14.8. The zero-order chi connectivity index (χ0) is 26.5. The molecule has 0 radical (unpaired) electrons. The molecule has 0 spiro atoms. The van der Waals surface area contributed by atoms with E-state index in [1.54, 1.807) is 31.2 Å². The van der Waals surface area contributed by atoms with Crippen LogP contribution in [0.25, 0.3) is 16.9 Å². The third kappa shape index (κ3) is 4.61. The Hall–Kier alpha value is -4.02. The van der Waals surface area contributed by atoms with Crippen molar-refractivity contribution >= 4 is 17.2 Å². The van der Waals surface area contributed by atoms with E-state index in [2.05, 4.69) is 10.3 Å². The zero-order valence-electron chi connectivity index (χ0n) is 19.7. The Morgan fingerprint density at radius 1 is 1.14 bits per heavy atom. The van der Waals surface area contributed by atoms with Crippen LogP contribution in [0, 0.1) is 18.6 Å². The van der Waals surface area contributed by atoms with Gasteiger partial charge in [-0.2, -0.15) is 18.3 Å². The first-order chi connectivity index (χ1) is 17.5. The van der Waals surface area contributed by atoms with Crippen LogP contribution in [-0.2, 0) is 5.41 Å². The van der Waals surface area contributed by atoms with Crippen molar-refractivity contribution in [2.24, 2.45) is 5.73 Å². The summed E-state index contributed by atoms with van der Waals surface area (Å²) >= 11 is 0. The van der Waals surface area contributed by atoms with Gasteiger partial charge >= 0.3 is 6.18 Å². The Kier molecular flexibility index (Phi) is 5.88. The average Bonchev–Trinajstić information content (AvgIpc) is 3.52. The molecule has 1 aliphatic carbocycles. The van der Waals surface area contributed by atoms with E-state index < -0.39 is 42.1 Å². The first-order valence-electron chi connectivity index (χ1n) is 11.5. The number of aromatic nitrogens is 3. The van der Waals surface area contributed by atoms with Crippen molar-refractivity contribution in [3.63, 3.8) is 0 Å². The van der Waals surface area contributed by atoms with E-state index in [1.165, 1.54) is 10.7 Å². The number of fused-ring (bicyclic) bond motifs is 1. The highest BCUT2D eigenvalue weighted by Crippen LogP contribution is 2.54. The average molecular weight is 515 g/mol. The summed E-state index contributed by atoms with van der Waals surface area (Å²) in [7, 11) is 0. The van der Waals surface area contributed by atoms with Gasteiger partial charge in [-0.15, -0.1) is 0 Å². The number of benzene rings is 2. The molecule has 2 aromatic carbocycles. The molecular formula is C26H22F5N5O. The fourth-order valence-electron chi connectivity index (χ4n) is 4.62. The summed E-state index contributed by atoms with van der Waals surface area (Å²) in [5.41, 5.74) is 7.68. The maximum Gasteiger partial charge on any atom is 0.390 e. The molecule has 1 amide bonds. The van der Waals surface area contributed by atoms with E-state index in [0.717, 1.165) is 18.2 Å². The summed E-state index contributed by atoms with van der Waals surface area (Å²) in [6.07, 6.45) is -2.93. The summed E-state index contributed by atoms with van der Waals surface area (Å²) < 4.78 is 68.8. The first kappa shape index (κ1) is 24.7. The third-order valence-electron chi connectivity index (χ3n) is 6.66. The number of imidazole rings is 1. The molecule has 6 nitrogen and oxygen atoms in total. The molecule has 5 rings (SSSR count). The van der Waals surface area contributed by atoms with Crippen LogP contribution in [0.3, 0.4) is 0 Å². The molecule has 192 valence electrons. The van der Waals surface area contributed by atoms with Gasteiger partial charge in [-0.05, 0) is 61.7 Å². The van der Waals surface area contributed by atoms with E-state index >= 15 is 0 Å². The zero-order valence-corrected chi connectivity index (χ0v) is 19.7. The lowest BCUT2D eigenvalue weighted by atomic mass is 9.91. The standard InChI is InChI=1S/C26H22F5N5O/c1-14-10-15(2-4-17(14)23(32)37)21-13-34-24-20(33-9-8-26(29,30)31)12-22(35-36(21)24)25(6-7-25)18-11-16(27)3-5-19(18)28/h2-5,10-13,33H,6-9H2,1H3,(H2,32,37). The number of amides is 1. The van der Waals surface area contributed by atoms with Crippen molar-refractivity contribution in [2.45, 2.75) is 37.8 Å². The highest BCUT2D eigenvalue weighted by Gasteiger charge is 2.50. The molecule has 1 saturated carbocycles. The Morgan fingerprint density at radius 2 is 1.89 bits per heavy atom. The van der Waals surface area contributed by atoms with E-state index in [4.69, 9.17) is 10.8 Å². The smallest absolute Gasteiger partial charge is 0.382 e. The normalized spacial score (nSPS) is 14.6. The molecule has 0 saturated heterocycles. The fourth-order valence-corrected chi connectivity index (χ4v) is 4.62. The molecule has 0 atom stereocenters. The number of rotatable bonds is 7. The van der Waals surface area contributed by atoms with Gasteiger partial charge in [-0.3, -0.25) is 4.79 Å². The van der Waals surface area contributed by atoms with Gasteiger partial charge in [0.1, 0.15) is 11.6 Å². The molecule has 0 bridgehead atoms. The summed E-state index contributed by atoms with van der Waals surface area (Å²) in [5.74, 6) is -1.76. The molecule has 1 aliphatic rings. The van der Waals surface area contributed by atoms with Crippen molar-refractivity contribution in [3.8, 4) is 11.3 Å². The van der Waals surface area contributed by atoms with Crippen molar-refractivity contribution in [2.75, 3.05) is 11.9 Å². The third-order valence-corrected chi connectivity index (χ3v) is 6.66. The largest absolute Gasteiger partial charge is 0.390 e. The van der Waals surface area contributed by atoms with Gasteiger partial charge in [-0.1, -0.05) is 6.07 Å². The predicted molar refractivity (Wildman–Crippen MR) is 127 cm³/mol. The number of nitrogens with two attached hydrogens (primary N) is 1. The van der Waals surface area contributed by atoms with Gasteiger partial charge in [0, 0.05) is 28.7 Å². The molecule has 4 aromatic rings. The summed E-state index contributed by atoms with van der Waals surface area (Å²) in [4.78, 5) is 16.0. The molecule has 0 aliphatic heterocycles. The number of carbonyl (C=O) groups excluding carboxylic acids is 1. The van der Waals surface area contributed by atoms with Crippen LogP contribution >= 0.6 is 0 Å². The molecule has 37 heavy (non-hydrogen) atoms. The monoisotopic (exact) mass is 515 g/mol. The second-order valence-electron chi connectivity index (χ2n) is 9.21. The number of hydrogen-bond donors (Lipinski definition) is 2. The second kappa shape index (κ2) is 8.82. The van der Waals surface area contributed by atoms with Crippen LogP contribution in [0.2, 0.25) is 0 Å². The topological polar surface area (TPSA) is 85.3 Å². The van der Waals surface area contributed by atoms with E-state index in [0.29, 0.717) is 40.9 Å². The lowest BCUT2D eigenvalue weighted by Crippen LogP contribution is -2.18. The number of alkyl halides is 3. The fraction of sp³-hybridized carbons (Fsp3) is 0.269. The summed E-state index contributed by atoms with van der Waals surface area (Å²) in [5, 5.41) is 7.50. The number of aryl methyl sites for hydroxylation is 1. The van der Waals surface area contributed by atoms with Crippen LogP contribution in [0.1, 0.15) is 46.4 Å². The Bertz CT molecular complexity index is 1520. The minimum atomic E-state index is -4.36. The quantitative estimate of drug-likeness (QED) is 0.317. The van der Waals surface area contributed by atoms with Gasteiger partial charge in [0.25, 0.3) is 0 Å². The maximum absolute atomic E-state index is 14.8. The lowest BCUT2D eigenvalue weighted by molar-refractivity contribution is -0.131. The summed E-state index contributed by atoms with van der Waals surface area (Å²) in [6, 6.07) is 9.74. The Morgan fingerprint density at radius 3 is 2.54 bits per heavy atom. The van der Waals surface area contributed by atoms with Crippen LogP contribution in [-0.4, -0.2) is 33.2 Å². The highest BCUT2D eigenvalue weighted by molar-refractivity contribution is 5.94. The van der Waals surface area contributed by atoms with Crippen LogP contribution in [0.4, 0.5) is 27.6 Å². The minimum absolute atomic E-state index is 0.143. The number of anilines is 1. The van der Waals surface area contributed by atoms with Crippen LogP contribution < -0.4 is 11.1 Å². The van der Waals surface area contributed by atoms with Gasteiger partial charge < -0.3 is 11.1 Å². The van der Waals surface area contributed by atoms with Crippen molar-refractivity contribution < 1.29 is 26.7 Å². The molecule has 1 fully saturated rings. The number of halogens is 5. The van der Waals surface area contributed by atoms with Gasteiger partial charge in [0.2, 0.25) is 5.91 Å².